The highest BCUT2D eigenvalue weighted by Crippen LogP contribution is 2.12. The number of likely N-dealkylation sites (tertiary alicyclic amines) is 1. The molecule has 17 heavy (non-hydrogen) atoms. The lowest BCUT2D eigenvalue weighted by Crippen LogP contribution is -2.45. The zero-order valence-electron chi connectivity index (χ0n) is 10.9. The van der Waals surface area contributed by atoms with Gasteiger partial charge in [0.25, 0.3) is 0 Å². The molecule has 0 aromatic carbocycles. The molecule has 2 aliphatic rings. The number of carbonyl (C=O) groups is 1. The summed E-state index contributed by atoms with van der Waals surface area (Å²) >= 11 is 0. The first-order valence-corrected chi connectivity index (χ1v) is 7.00. The number of hydrogen-bond donors (Lipinski definition) is 2. The summed E-state index contributed by atoms with van der Waals surface area (Å²) in [5.41, 5.74) is 0. The fraction of sp³-hybridized carbons (Fsp3) is 0.923. The Morgan fingerprint density at radius 2 is 2.18 bits per heavy atom. The van der Waals surface area contributed by atoms with E-state index in [-0.39, 0.29) is 11.8 Å². The van der Waals surface area contributed by atoms with Crippen LogP contribution in [0, 0.1) is 5.92 Å². The summed E-state index contributed by atoms with van der Waals surface area (Å²) in [6.07, 6.45) is 4.98. The Morgan fingerprint density at radius 3 is 2.82 bits per heavy atom. The van der Waals surface area contributed by atoms with Crippen molar-refractivity contribution >= 4 is 5.91 Å². The van der Waals surface area contributed by atoms with E-state index in [2.05, 4.69) is 22.5 Å². The van der Waals surface area contributed by atoms with E-state index in [0.717, 1.165) is 26.1 Å². The first-order valence-electron chi connectivity index (χ1n) is 7.00. The third-order valence-corrected chi connectivity index (χ3v) is 4.02. The van der Waals surface area contributed by atoms with Crippen LogP contribution in [0.25, 0.3) is 0 Å². The van der Waals surface area contributed by atoms with Crippen LogP contribution in [-0.2, 0) is 4.79 Å². The number of nitrogens with one attached hydrogen (secondary N) is 2. The van der Waals surface area contributed by atoms with Crippen LogP contribution in [0.1, 0.15) is 32.6 Å². The molecule has 2 N–H and O–H groups in total. The van der Waals surface area contributed by atoms with E-state index < -0.39 is 0 Å². The molecule has 4 nitrogen and oxygen atoms in total. The van der Waals surface area contributed by atoms with Crippen LogP contribution in [0.3, 0.4) is 0 Å². The van der Waals surface area contributed by atoms with Gasteiger partial charge in [0.05, 0.1) is 5.92 Å². The van der Waals surface area contributed by atoms with E-state index >= 15 is 0 Å². The molecule has 0 aromatic heterocycles. The minimum atomic E-state index is 0.198. The van der Waals surface area contributed by atoms with Crippen molar-refractivity contribution in [3.8, 4) is 0 Å². The van der Waals surface area contributed by atoms with Crippen LogP contribution < -0.4 is 10.6 Å². The van der Waals surface area contributed by atoms with Gasteiger partial charge in [-0.05, 0) is 45.8 Å². The first kappa shape index (κ1) is 12.8. The van der Waals surface area contributed by atoms with Crippen molar-refractivity contribution in [3.63, 3.8) is 0 Å². The van der Waals surface area contributed by atoms with Crippen LogP contribution in [-0.4, -0.2) is 49.6 Å². The summed E-state index contributed by atoms with van der Waals surface area (Å²) in [7, 11) is 0. The summed E-state index contributed by atoms with van der Waals surface area (Å²) in [5.74, 6) is 0.433. The molecule has 2 heterocycles. The summed E-state index contributed by atoms with van der Waals surface area (Å²) in [4.78, 5) is 14.4. The van der Waals surface area contributed by atoms with Crippen LogP contribution in [0.15, 0.2) is 0 Å². The Hall–Kier alpha value is -0.610. The highest BCUT2D eigenvalue weighted by molar-refractivity contribution is 5.79. The van der Waals surface area contributed by atoms with E-state index in [1.807, 2.05) is 0 Å². The largest absolute Gasteiger partial charge is 0.354 e. The average Bonchev–Trinajstić information content (AvgIpc) is 2.90. The smallest absolute Gasteiger partial charge is 0.224 e. The topological polar surface area (TPSA) is 44.4 Å². The van der Waals surface area contributed by atoms with Crippen molar-refractivity contribution in [2.75, 3.05) is 32.7 Å². The molecule has 1 amide bonds. The van der Waals surface area contributed by atoms with E-state index in [0.29, 0.717) is 6.04 Å². The second-order valence-corrected chi connectivity index (χ2v) is 5.38. The minimum absolute atomic E-state index is 0.198. The van der Waals surface area contributed by atoms with Crippen molar-refractivity contribution in [1.29, 1.82) is 0 Å². The number of amides is 1. The Morgan fingerprint density at radius 1 is 1.41 bits per heavy atom. The van der Waals surface area contributed by atoms with Gasteiger partial charge >= 0.3 is 0 Å². The lowest BCUT2D eigenvalue weighted by atomic mass is 10.1. The predicted molar refractivity (Wildman–Crippen MR) is 68.9 cm³/mol. The maximum atomic E-state index is 11.9. The standard InChI is InChI=1S/C13H25N3O/c1-11(16-7-3-2-4-8-16)9-15-13(17)12-5-6-14-10-12/h11-12,14H,2-10H2,1H3,(H,15,17). The monoisotopic (exact) mass is 239 g/mol. The molecule has 0 aliphatic carbocycles. The third kappa shape index (κ3) is 3.68. The first-order chi connectivity index (χ1) is 8.27. The van der Waals surface area contributed by atoms with Gasteiger partial charge in [0.1, 0.15) is 0 Å². The molecule has 0 radical (unpaired) electrons. The van der Waals surface area contributed by atoms with Crippen LogP contribution >= 0.6 is 0 Å². The summed E-state index contributed by atoms with van der Waals surface area (Å²) in [6, 6.07) is 0.480. The Kier molecular flexibility index (Phi) is 4.80. The van der Waals surface area contributed by atoms with Gasteiger partial charge in [0, 0.05) is 19.1 Å². The van der Waals surface area contributed by atoms with Gasteiger partial charge in [-0.25, -0.2) is 0 Å². The van der Waals surface area contributed by atoms with Crippen LogP contribution in [0.5, 0.6) is 0 Å². The molecular weight excluding hydrogens is 214 g/mol. The van der Waals surface area contributed by atoms with Gasteiger partial charge in [-0.2, -0.15) is 0 Å². The molecule has 0 bridgehead atoms. The molecule has 2 saturated heterocycles. The Balaban J connectivity index is 1.67. The van der Waals surface area contributed by atoms with Crippen molar-refractivity contribution in [2.45, 2.75) is 38.6 Å². The number of piperidine rings is 1. The lowest BCUT2D eigenvalue weighted by Gasteiger charge is -2.32. The fourth-order valence-electron chi connectivity index (χ4n) is 2.76. The van der Waals surface area contributed by atoms with E-state index in [9.17, 15) is 4.79 Å². The number of rotatable bonds is 4. The quantitative estimate of drug-likeness (QED) is 0.754. The van der Waals surface area contributed by atoms with Crippen molar-refractivity contribution in [1.82, 2.24) is 15.5 Å². The summed E-state index contributed by atoms with van der Waals surface area (Å²) < 4.78 is 0. The maximum absolute atomic E-state index is 11.9. The minimum Gasteiger partial charge on any atom is -0.354 e. The molecule has 2 rings (SSSR count). The van der Waals surface area contributed by atoms with Gasteiger partial charge in [0.2, 0.25) is 5.91 Å². The maximum Gasteiger partial charge on any atom is 0.224 e. The van der Waals surface area contributed by atoms with Crippen LogP contribution in [0.4, 0.5) is 0 Å². The predicted octanol–water partition coefficient (Wildman–Crippen LogP) is 0.587. The molecule has 2 atom stereocenters. The highest BCUT2D eigenvalue weighted by Gasteiger charge is 2.23. The van der Waals surface area contributed by atoms with Gasteiger partial charge in [-0.1, -0.05) is 6.42 Å². The Bertz CT molecular complexity index is 245. The molecular formula is C13H25N3O. The zero-order chi connectivity index (χ0) is 12.1. The Labute approximate surface area is 104 Å². The molecule has 4 heteroatoms. The number of hydrogen-bond acceptors (Lipinski definition) is 3. The SMILES string of the molecule is CC(CNC(=O)C1CCNC1)N1CCCCC1. The second kappa shape index (κ2) is 6.36. The molecule has 0 spiro atoms. The highest BCUT2D eigenvalue weighted by atomic mass is 16.1. The fourth-order valence-corrected chi connectivity index (χ4v) is 2.76. The lowest BCUT2D eigenvalue weighted by molar-refractivity contribution is -0.124. The van der Waals surface area contributed by atoms with Gasteiger partial charge in [0.15, 0.2) is 0 Å². The van der Waals surface area contributed by atoms with Crippen molar-refractivity contribution < 1.29 is 4.79 Å². The zero-order valence-corrected chi connectivity index (χ0v) is 10.9. The summed E-state index contributed by atoms with van der Waals surface area (Å²) in [6.45, 7) is 7.25. The van der Waals surface area contributed by atoms with E-state index in [4.69, 9.17) is 0 Å². The molecule has 0 aromatic rings. The van der Waals surface area contributed by atoms with Crippen molar-refractivity contribution in [3.05, 3.63) is 0 Å². The van der Waals surface area contributed by atoms with E-state index in [1.54, 1.807) is 0 Å². The molecule has 2 fully saturated rings. The van der Waals surface area contributed by atoms with Crippen LogP contribution in [0.2, 0.25) is 0 Å². The van der Waals surface area contributed by atoms with E-state index in [1.165, 1.54) is 32.4 Å². The van der Waals surface area contributed by atoms with Gasteiger partial charge in [-0.15, -0.1) is 0 Å². The normalized spacial score (nSPS) is 27.9. The number of carbonyl (C=O) groups excluding carboxylic acids is 1. The van der Waals surface area contributed by atoms with Gasteiger partial charge < -0.3 is 10.6 Å². The molecule has 0 saturated carbocycles. The van der Waals surface area contributed by atoms with Crippen molar-refractivity contribution in [2.24, 2.45) is 5.92 Å². The number of nitrogens with zero attached hydrogens (tertiary/aromatic N) is 1. The van der Waals surface area contributed by atoms with Gasteiger partial charge in [-0.3, -0.25) is 9.69 Å². The molecule has 98 valence electrons. The average molecular weight is 239 g/mol. The molecule has 2 aliphatic heterocycles. The summed E-state index contributed by atoms with van der Waals surface area (Å²) in [5, 5.41) is 6.33. The third-order valence-electron chi connectivity index (χ3n) is 4.02. The molecule has 2 unspecified atom stereocenters. The second-order valence-electron chi connectivity index (χ2n) is 5.38.